The predicted molar refractivity (Wildman–Crippen MR) is 36.6 cm³/mol. The van der Waals surface area contributed by atoms with Crippen LogP contribution in [0.3, 0.4) is 0 Å². The van der Waals surface area contributed by atoms with E-state index < -0.39 is 0 Å². The third-order valence-corrected chi connectivity index (χ3v) is 1.58. The van der Waals surface area contributed by atoms with Gasteiger partial charge in [-0.1, -0.05) is 6.07 Å². The van der Waals surface area contributed by atoms with Gasteiger partial charge in [0.2, 0.25) is 0 Å². The fraction of sp³-hybridized carbons (Fsp3) is 0.167. The smallest absolute Gasteiger partial charge is 0.289 e. The van der Waals surface area contributed by atoms with Gasteiger partial charge in [0.25, 0.3) is 9.76 Å². The monoisotopic (exact) mass is 137 g/mol. The van der Waals surface area contributed by atoms with Crippen molar-refractivity contribution >= 4 is 15.1 Å². The summed E-state index contributed by atoms with van der Waals surface area (Å²) in [5, 5.41) is 1.00. The van der Waals surface area contributed by atoms with Crippen LogP contribution in [0.25, 0.3) is 0 Å². The lowest BCUT2D eigenvalue weighted by Crippen LogP contribution is -2.18. The van der Waals surface area contributed by atoms with Crippen molar-refractivity contribution in [1.82, 2.24) is 4.98 Å². The van der Waals surface area contributed by atoms with Crippen molar-refractivity contribution in [3.05, 3.63) is 24.4 Å². The van der Waals surface area contributed by atoms with Crippen molar-refractivity contribution in [2.24, 2.45) is 0 Å². The highest BCUT2D eigenvalue weighted by Gasteiger charge is 1.90. The Morgan fingerprint density at radius 1 is 1.56 bits per heavy atom. The Kier molecular flexibility index (Phi) is 2.42. The van der Waals surface area contributed by atoms with Crippen LogP contribution in [-0.2, 0) is 4.43 Å². The Hall–Kier alpha value is -0.673. The van der Waals surface area contributed by atoms with Gasteiger partial charge in [-0.2, -0.15) is 0 Å². The van der Waals surface area contributed by atoms with E-state index in [2.05, 4.69) is 4.98 Å². The maximum Gasteiger partial charge on any atom is 0.289 e. The number of rotatable bonds is 2. The molecule has 1 heterocycles. The zero-order chi connectivity index (χ0) is 6.53. The molecule has 2 radical (unpaired) electrons. The van der Waals surface area contributed by atoms with E-state index in [9.17, 15) is 0 Å². The lowest BCUT2D eigenvalue weighted by molar-refractivity contribution is 0.449. The summed E-state index contributed by atoms with van der Waals surface area (Å²) in [6.45, 7) is 0. The fourth-order valence-electron chi connectivity index (χ4n) is 0.528. The summed E-state index contributed by atoms with van der Waals surface area (Å²) in [5.41, 5.74) is 0. The van der Waals surface area contributed by atoms with Crippen LogP contribution in [0.15, 0.2) is 24.4 Å². The van der Waals surface area contributed by atoms with Gasteiger partial charge in [0.05, 0.1) is 5.32 Å². The summed E-state index contributed by atoms with van der Waals surface area (Å²) in [4.78, 5) is 4.06. The second-order valence-corrected chi connectivity index (χ2v) is 2.65. The summed E-state index contributed by atoms with van der Waals surface area (Å²) in [7, 11) is 2.05. The maximum absolute atomic E-state index is 4.89. The average molecular weight is 137 g/mol. The molecule has 0 saturated heterocycles. The first kappa shape index (κ1) is 6.45. The van der Waals surface area contributed by atoms with E-state index in [0.29, 0.717) is 9.76 Å². The maximum atomic E-state index is 4.89. The molecule has 1 rings (SSSR count). The Labute approximate surface area is 56.8 Å². The van der Waals surface area contributed by atoms with E-state index in [4.69, 9.17) is 4.43 Å². The van der Waals surface area contributed by atoms with Crippen LogP contribution in [0.5, 0.6) is 0 Å². The highest BCUT2D eigenvalue weighted by atomic mass is 28.2. The molecule has 2 nitrogen and oxygen atoms in total. The van der Waals surface area contributed by atoms with Gasteiger partial charge < -0.3 is 4.43 Å². The Bertz CT molecular complexity index is 166. The zero-order valence-electron chi connectivity index (χ0n) is 5.16. The van der Waals surface area contributed by atoms with Crippen molar-refractivity contribution in [1.29, 1.82) is 0 Å². The topological polar surface area (TPSA) is 22.1 Å². The van der Waals surface area contributed by atoms with E-state index in [0.717, 1.165) is 5.32 Å². The molecule has 1 aromatic rings. The van der Waals surface area contributed by atoms with Gasteiger partial charge in [-0.15, -0.1) is 0 Å². The average Bonchev–Trinajstić information content (AvgIpc) is 1.91. The van der Waals surface area contributed by atoms with Gasteiger partial charge in [0, 0.05) is 13.3 Å². The molecule has 0 unspecified atom stereocenters. The number of nitrogens with zero attached hydrogens (tertiary/aromatic N) is 1. The van der Waals surface area contributed by atoms with Gasteiger partial charge in [-0.25, -0.2) is 0 Å². The van der Waals surface area contributed by atoms with Gasteiger partial charge in [-0.3, -0.25) is 4.98 Å². The molecule has 0 fully saturated rings. The second-order valence-electron chi connectivity index (χ2n) is 1.52. The molecule has 0 aliphatic rings. The molecule has 0 aromatic carbocycles. The number of pyridine rings is 1. The number of aromatic nitrogens is 1. The van der Waals surface area contributed by atoms with Crippen molar-refractivity contribution in [3.63, 3.8) is 0 Å². The van der Waals surface area contributed by atoms with Gasteiger partial charge >= 0.3 is 0 Å². The normalized spacial score (nSPS) is 9.44. The lowest BCUT2D eigenvalue weighted by Gasteiger charge is -1.91. The minimum Gasteiger partial charge on any atom is -0.414 e. The van der Waals surface area contributed by atoms with E-state index in [-0.39, 0.29) is 0 Å². The summed E-state index contributed by atoms with van der Waals surface area (Å²) in [6.07, 6.45) is 1.77. The minimum atomic E-state index is 0.376. The summed E-state index contributed by atoms with van der Waals surface area (Å²) in [5.74, 6) is 0. The first-order valence-electron chi connectivity index (χ1n) is 2.63. The standard InChI is InChI=1S/C6H7NOSi/c1-8-9-6-4-2-3-5-7-6/h2-5H,1H3. The van der Waals surface area contributed by atoms with Crippen LogP contribution in [0.1, 0.15) is 0 Å². The van der Waals surface area contributed by atoms with Crippen molar-refractivity contribution in [2.75, 3.05) is 7.11 Å². The number of hydrogen-bond acceptors (Lipinski definition) is 2. The van der Waals surface area contributed by atoms with E-state index in [1.165, 1.54) is 0 Å². The molecular weight excluding hydrogens is 130 g/mol. The minimum absolute atomic E-state index is 0.376. The van der Waals surface area contributed by atoms with E-state index >= 15 is 0 Å². The largest absolute Gasteiger partial charge is 0.414 e. The van der Waals surface area contributed by atoms with Gasteiger partial charge in [-0.05, 0) is 12.1 Å². The highest BCUT2D eigenvalue weighted by Crippen LogP contribution is 1.74. The molecule has 3 heteroatoms. The Balaban J connectivity index is 2.61. The van der Waals surface area contributed by atoms with Crippen LogP contribution in [-0.4, -0.2) is 21.9 Å². The Morgan fingerprint density at radius 2 is 2.44 bits per heavy atom. The molecule has 0 bridgehead atoms. The van der Waals surface area contributed by atoms with Crippen molar-refractivity contribution < 1.29 is 4.43 Å². The quantitative estimate of drug-likeness (QED) is 0.534. The molecule has 0 aliphatic heterocycles. The molecule has 0 saturated carbocycles. The molecule has 0 N–H and O–H groups in total. The first-order valence-corrected chi connectivity index (χ1v) is 3.54. The third kappa shape index (κ3) is 1.95. The lowest BCUT2D eigenvalue weighted by atomic mass is 10.5. The number of hydrogen-bond donors (Lipinski definition) is 0. The van der Waals surface area contributed by atoms with Crippen LogP contribution in [0.2, 0.25) is 0 Å². The van der Waals surface area contributed by atoms with Crippen LogP contribution in [0, 0.1) is 0 Å². The van der Waals surface area contributed by atoms with Crippen molar-refractivity contribution in [3.8, 4) is 0 Å². The Morgan fingerprint density at radius 3 is 3.00 bits per heavy atom. The molecule has 0 amide bonds. The molecule has 1 aromatic heterocycles. The zero-order valence-corrected chi connectivity index (χ0v) is 6.16. The van der Waals surface area contributed by atoms with Gasteiger partial charge in [0.1, 0.15) is 0 Å². The molecular formula is C6H7NOSi. The molecule has 0 atom stereocenters. The van der Waals surface area contributed by atoms with Crippen LogP contribution >= 0.6 is 0 Å². The summed E-state index contributed by atoms with van der Waals surface area (Å²) < 4.78 is 4.89. The first-order chi connectivity index (χ1) is 4.43. The molecule has 9 heavy (non-hydrogen) atoms. The SMILES string of the molecule is CO[Si]c1ccccn1. The van der Waals surface area contributed by atoms with E-state index in [1.807, 2.05) is 18.2 Å². The predicted octanol–water partition coefficient (Wildman–Crippen LogP) is -0.0275. The van der Waals surface area contributed by atoms with Crippen molar-refractivity contribution in [2.45, 2.75) is 0 Å². The highest BCUT2D eigenvalue weighted by molar-refractivity contribution is 6.45. The van der Waals surface area contributed by atoms with Crippen LogP contribution < -0.4 is 5.32 Å². The molecule has 46 valence electrons. The second kappa shape index (κ2) is 3.37. The summed E-state index contributed by atoms with van der Waals surface area (Å²) >= 11 is 0. The summed E-state index contributed by atoms with van der Waals surface area (Å²) in [6, 6.07) is 5.79. The fourth-order valence-corrected chi connectivity index (χ4v) is 1.03. The molecule has 0 aliphatic carbocycles. The van der Waals surface area contributed by atoms with Crippen LogP contribution in [0.4, 0.5) is 0 Å². The van der Waals surface area contributed by atoms with Gasteiger partial charge in [0.15, 0.2) is 0 Å². The third-order valence-electron chi connectivity index (χ3n) is 0.872. The molecule has 0 spiro atoms. The van der Waals surface area contributed by atoms with E-state index in [1.54, 1.807) is 13.3 Å².